The number of nitrogens with zero attached hydrogens (tertiary/aromatic N) is 1. The van der Waals surface area contributed by atoms with Crippen LogP contribution in [0.2, 0.25) is 0 Å². The normalized spacial score (nSPS) is 16.0. The van der Waals surface area contributed by atoms with E-state index < -0.39 is 0 Å². The Bertz CT molecular complexity index is 1040. The summed E-state index contributed by atoms with van der Waals surface area (Å²) in [6.07, 6.45) is 0.147. The van der Waals surface area contributed by atoms with Gasteiger partial charge in [0.05, 0.1) is 25.7 Å². The van der Waals surface area contributed by atoms with Crippen molar-refractivity contribution in [2.24, 2.45) is 0 Å². The van der Waals surface area contributed by atoms with Crippen LogP contribution in [0.25, 0.3) is 10.9 Å². The van der Waals surface area contributed by atoms with E-state index in [1.54, 1.807) is 12.1 Å². The third kappa shape index (κ3) is 4.52. The summed E-state index contributed by atoms with van der Waals surface area (Å²) in [5.41, 5.74) is 3.27. The van der Waals surface area contributed by atoms with E-state index in [0.717, 1.165) is 40.8 Å². The maximum Gasteiger partial charge on any atom is 0.224 e. The second-order valence-electron chi connectivity index (χ2n) is 7.62. The number of carbonyl (C=O) groups excluding carboxylic acids is 1. The number of amides is 1. The highest BCUT2D eigenvalue weighted by Crippen LogP contribution is 2.25. The lowest BCUT2D eigenvalue weighted by Gasteiger charge is -2.35. The van der Waals surface area contributed by atoms with E-state index in [2.05, 4.69) is 15.2 Å². The van der Waals surface area contributed by atoms with E-state index in [1.807, 2.05) is 13.0 Å². The highest BCUT2D eigenvalue weighted by Gasteiger charge is 2.24. The number of benzene rings is 2. The average Bonchev–Trinajstić information content (AvgIpc) is 3.04. The number of aromatic amines is 1. The number of H-pyrrole nitrogens is 1. The van der Waals surface area contributed by atoms with Crippen LogP contribution in [0, 0.1) is 18.6 Å². The highest BCUT2D eigenvalue weighted by molar-refractivity contribution is 5.90. The first-order valence-electron chi connectivity index (χ1n) is 10.1. The largest absolute Gasteiger partial charge is 0.379 e. The molecule has 1 aliphatic heterocycles. The molecule has 1 unspecified atom stereocenters. The smallest absolute Gasteiger partial charge is 0.224 e. The molecule has 0 radical (unpaired) electrons. The minimum absolute atomic E-state index is 0.143. The number of ether oxygens (including phenoxy) is 1. The molecule has 1 amide bonds. The number of aromatic nitrogens is 1. The summed E-state index contributed by atoms with van der Waals surface area (Å²) in [5, 5.41) is 3.71. The molecule has 4 rings (SSSR count). The Kier molecular flexibility index (Phi) is 6.11. The van der Waals surface area contributed by atoms with Gasteiger partial charge in [-0.05, 0) is 48.4 Å². The summed E-state index contributed by atoms with van der Waals surface area (Å²) >= 11 is 0. The highest BCUT2D eigenvalue weighted by atomic mass is 19.1. The van der Waals surface area contributed by atoms with Crippen LogP contribution in [0.5, 0.6) is 0 Å². The second-order valence-corrected chi connectivity index (χ2v) is 7.62. The molecule has 3 aromatic rings. The fraction of sp³-hybridized carbons (Fsp3) is 0.348. The fourth-order valence-electron chi connectivity index (χ4n) is 4.08. The SMILES string of the molecule is Cc1[nH]c2ccc(F)cc2c1CC(=O)NCC(c1cccc(F)c1)N1CCOCC1. The minimum Gasteiger partial charge on any atom is -0.379 e. The third-order valence-corrected chi connectivity index (χ3v) is 5.63. The Morgan fingerprint density at radius 2 is 1.93 bits per heavy atom. The predicted octanol–water partition coefficient (Wildman–Crippen LogP) is 3.49. The fourth-order valence-corrected chi connectivity index (χ4v) is 4.08. The summed E-state index contributed by atoms with van der Waals surface area (Å²) in [5.74, 6) is -0.784. The lowest BCUT2D eigenvalue weighted by Crippen LogP contribution is -2.44. The van der Waals surface area contributed by atoms with Crippen LogP contribution in [-0.4, -0.2) is 48.6 Å². The Morgan fingerprint density at radius 1 is 1.17 bits per heavy atom. The van der Waals surface area contributed by atoms with E-state index in [1.165, 1.54) is 24.3 Å². The number of carbonyl (C=O) groups is 1. The lowest BCUT2D eigenvalue weighted by molar-refractivity contribution is -0.120. The van der Waals surface area contributed by atoms with Crippen LogP contribution < -0.4 is 5.32 Å². The van der Waals surface area contributed by atoms with Crippen LogP contribution >= 0.6 is 0 Å². The number of morpholine rings is 1. The number of rotatable bonds is 6. The predicted molar refractivity (Wildman–Crippen MR) is 111 cm³/mol. The molecule has 1 saturated heterocycles. The van der Waals surface area contributed by atoms with E-state index >= 15 is 0 Å². The molecular weight excluding hydrogens is 388 g/mol. The van der Waals surface area contributed by atoms with Crippen molar-refractivity contribution in [1.29, 1.82) is 0 Å². The maximum atomic E-state index is 13.8. The summed E-state index contributed by atoms with van der Waals surface area (Å²) in [4.78, 5) is 18.1. The monoisotopic (exact) mass is 413 g/mol. The molecule has 7 heteroatoms. The van der Waals surface area contributed by atoms with Crippen molar-refractivity contribution in [3.8, 4) is 0 Å². The van der Waals surface area contributed by atoms with Gasteiger partial charge in [0.25, 0.3) is 0 Å². The summed E-state index contributed by atoms with van der Waals surface area (Å²) in [7, 11) is 0. The Morgan fingerprint density at radius 3 is 2.70 bits per heavy atom. The maximum absolute atomic E-state index is 13.8. The van der Waals surface area contributed by atoms with Gasteiger partial charge in [-0.2, -0.15) is 0 Å². The van der Waals surface area contributed by atoms with Gasteiger partial charge in [0.15, 0.2) is 0 Å². The quantitative estimate of drug-likeness (QED) is 0.651. The van der Waals surface area contributed by atoms with Crippen LogP contribution in [-0.2, 0) is 16.0 Å². The van der Waals surface area contributed by atoms with Gasteiger partial charge in [-0.3, -0.25) is 9.69 Å². The zero-order valence-electron chi connectivity index (χ0n) is 16.9. The first kappa shape index (κ1) is 20.5. The molecule has 1 fully saturated rings. The standard InChI is InChI=1S/C23H25F2N3O2/c1-15-19(20-12-18(25)5-6-21(20)27-15)13-23(29)26-14-22(28-7-9-30-10-8-28)16-3-2-4-17(24)11-16/h2-6,11-12,22,27H,7-10,13-14H2,1H3,(H,26,29). The molecule has 1 atom stereocenters. The van der Waals surface area contributed by atoms with E-state index in [4.69, 9.17) is 4.74 Å². The Balaban J connectivity index is 1.49. The molecule has 0 saturated carbocycles. The molecule has 2 heterocycles. The second kappa shape index (κ2) is 8.93. The number of fused-ring (bicyclic) bond motifs is 1. The molecular formula is C23H25F2N3O2. The van der Waals surface area contributed by atoms with Gasteiger partial charge in [0.1, 0.15) is 11.6 Å². The molecule has 0 aliphatic carbocycles. The van der Waals surface area contributed by atoms with Gasteiger partial charge in [-0.15, -0.1) is 0 Å². The van der Waals surface area contributed by atoms with Crippen molar-refractivity contribution in [2.45, 2.75) is 19.4 Å². The van der Waals surface area contributed by atoms with Crippen molar-refractivity contribution >= 4 is 16.8 Å². The molecule has 1 aliphatic rings. The van der Waals surface area contributed by atoms with Crippen molar-refractivity contribution in [3.05, 3.63) is 70.9 Å². The van der Waals surface area contributed by atoms with Crippen molar-refractivity contribution in [2.75, 3.05) is 32.8 Å². The van der Waals surface area contributed by atoms with Gasteiger partial charge in [-0.25, -0.2) is 8.78 Å². The zero-order chi connectivity index (χ0) is 21.1. The Hall–Kier alpha value is -2.77. The minimum atomic E-state index is -0.332. The summed E-state index contributed by atoms with van der Waals surface area (Å²) < 4.78 is 32.9. The average molecular weight is 413 g/mol. The van der Waals surface area contributed by atoms with Crippen molar-refractivity contribution < 1.29 is 18.3 Å². The molecule has 158 valence electrons. The van der Waals surface area contributed by atoms with Crippen LogP contribution in [0.3, 0.4) is 0 Å². The lowest BCUT2D eigenvalue weighted by atomic mass is 10.0. The van der Waals surface area contributed by atoms with Gasteiger partial charge >= 0.3 is 0 Å². The number of halogens is 2. The van der Waals surface area contributed by atoms with Crippen LogP contribution in [0.15, 0.2) is 42.5 Å². The van der Waals surface area contributed by atoms with Gasteiger partial charge in [-0.1, -0.05) is 12.1 Å². The molecule has 5 nitrogen and oxygen atoms in total. The summed E-state index contributed by atoms with van der Waals surface area (Å²) in [6.45, 7) is 4.90. The van der Waals surface area contributed by atoms with Gasteiger partial charge in [0, 0.05) is 36.2 Å². The molecule has 2 aromatic carbocycles. The first-order valence-corrected chi connectivity index (χ1v) is 10.1. The van der Waals surface area contributed by atoms with Crippen LogP contribution in [0.4, 0.5) is 8.78 Å². The Labute approximate surface area is 174 Å². The van der Waals surface area contributed by atoms with Crippen LogP contribution in [0.1, 0.15) is 22.9 Å². The molecule has 30 heavy (non-hydrogen) atoms. The van der Waals surface area contributed by atoms with E-state index in [0.29, 0.717) is 19.8 Å². The van der Waals surface area contributed by atoms with E-state index in [9.17, 15) is 13.6 Å². The molecule has 0 spiro atoms. The molecule has 0 bridgehead atoms. The van der Waals surface area contributed by atoms with Gasteiger partial charge < -0.3 is 15.0 Å². The number of hydrogen-bond acceptors (Lipinski definition) is 3. The van der Waals surface area contributed by atoms with Gasteiger partial charge in [0.2, 0.25) is 5.91 Å². The third-order valence-electron chi connectivity index (χ3n) is 5.63. The zero-order valence-corrected chi connectivity index (χ0v) is 16.9. The topological polar surface area (TPSA) is 57.4 Å². The van der Waals surface area contributed by atoms with Crippen molar-refractivity contribution in [3.63, 3.8) is 0 Å². The number of nitrogens with one attached hydrogen (secondary N) is 2. The number of hydrogen-bond donors (Lipinski definition) is 2. The molecule has 1 aromatic heterocycles. The van der Waals surface area contributed by atoms with E-state index in [-0.39, 0.29) is 30.0 Å². The number of aryl methyl sites for hydroxylation is 1. The van der Waals surface area contributed by atoms with Crippen molar-refractivity contribution in [1.82, 2.24) is 15.2 Å². The summed E-state index contributed by atoms with van der Waals surface area (Å²) in [6, 6.07) is 10.9. The molecule has 2 N–H and O–H groups in total. The first-order chi connectivity index (χ1) is 14.5.